The fourth-order valence-corrected chi connectivity index (χ4v) is 6.69. The van der Waals surface area contributed by atoms with E-state index < -0.39 is 0 Å². The van der Waals surface area contributed by atoms with E-state index in [0.29, 0.717) is 6.04 Å². The van der Waals surface area contributed by atoms with E-state index in [4.69, 9.17) is 0 Å². The zero-order chi connectivity index (χ0) is 17.0. The Morgan fingerprint density at radius 3 is 2.48 bits per heavy atom. The van der Waals surface area contributed by atoms with Gasteiger partial charge in [-0.05, 0) is 49.8 Å². The van der Waals surface area contributed by atoms with Gasteiger partial charge in [-0.25, -0.2) is 0 Å². The number of aryl methyl sites for hydroxylation is 1. The summed E-state index contributed by atoms with van der Waals surface area (Å²) in [5.41, 5.74) is 4.69. The summed E-state index contributed by atoms with van der Waals surface area (Å²) in [6.07, 6.45) is 6.66. The fraction of sp³-hybridized carbons (Fsp3) is 0.391. The summed E-state index contributed by atoms with van der Waals surface area (Å²) in [4.78, 5) is 4.39. The lowest BCUT2D eigenvalue weighted by Crippen LogP contribution is -2.44. The first-order valence-corrected chi connectivity index (χ1v) is 10.4. The van der Waals surface area contributed by atoms with Crippen molar-refractivity contribution in [1.82, 2.24) is 0 Å². The molecule has 2 aromatic carbocycles. The molecule has 3 aromatic rings. The van der Waals surface area contributed by atoms with E-state index in [9.17, 15) is 0 Å². The summed E-state index contributed by atoms with van der Waals surface area (Å²) in [5, 5.41) is 1.51. The van der Waals surface area contributed by atoms with E-state index in [1.165, 1.54) is 53.4 Å². The molecule has 0 saturated heterocycles. The Hall–Kier alpha value is -1.80. The van der Waals surface area contributed by atoms with Crippen LogP contribution in [-0.2, 0) is 5.54 Å². The maximum Gasteiger partial charge on any atom is 0.0678 e. The summed E-state index contributed by atoms with van der Waals surface area (Å²) in [6.45, 7) is 4.69. The summed E-state index contributed by atoms with van der Waals surface area (Å²) >= 11 is 2.02. The van der Waals surface area contributed by atoms with Crippen molar-refractivity contribution >= 4 is 27.1 Å². The van der Waals surface area contributed by atoms with Crippen molar-refractivity contribution < 1.29 is 0 Å². The van der Waals surface area contributed by atoms with E-state index in [2.05, 4.69) is 67.3 Å². The van der Waals surface area contributed by atoms with Gasteiger partial charge in [0.05, 0.1) is 11.6 Å². The molecule has 1 saturated carbocycles. The number of anilines is 1. The number of para-hydroxylation sites is 1. The number of fused-ring (bicyclic) bond motifs is 4. The van der Waals surface area contributed by atoms with E-state index in [1.54, 1.807) is 10.4 Å². The van der Waals surface area contributed by atoms with Gasteiger partial charge in [-0.1, -0.05) is 55.7 Å². The highest BCUT2D eigenvalue weighted by atomic mass is 32.1. The summed E-state index contributed by atoms with van der Waals surface area (Å²) < 4.78 is 1.47. The molecule has 5 rings (SSSR count). The van der Waals surface area contributed by atoms with Crippen molar-refractivity contribution in [2.75, 3.05) is 4.90 Å². The predicted octanol–water partition coefficient (Wildman–Crippen LogP) is 6.95. The van der Waals surface area contributed by atoms with Crippen LogP contribution in [0.1, 0.15) is 61.1 Å². The molecule has 2 heterocycles. The van der Waals surface area contributed by atoms with Gasteiger partial charge in [0, 0.05) is 20.8 Å². The third-order valence-corrected chi connectivity index (χ3v) is 7.71. The molecular formula is C23H25NS. The van der Waals surface area contributed by atoms with Gasteiger partial charge in [-0.15, -0.1) is 11.3 Å². The smallest absolute Gasteiger partial charge is 0.0678 e. The quantitative estimate of drug-likeness (QED) is 0.460. The van der Waals surface area contributed by atoms with Crippen LogP contribution in [0.5, 0.6) is 0 Å². The lowest BCUT2D eigenvalue weighted by Gasteiger charge is -2.46. The van der Waals surface area contributed by atoms with Crippen molar-refractivity contribution in [2.45, 2.75) is 57.5 Å². The third kappa shape index (κ3) is 2.07. The lowest BCUT2D eigenvalue weighted by atomic mass is 9.76. The van der Waals surface area contributed by atoms with E-state index in [-0.39, 0.29) is 5.54 Å². The molecule has 25 heavy (non-hydrogen) atoms. The average Bonchev–Trinajstić information content (AvgIpc) is 3.13. The van der Waals surface area contributed by atoms with Gasteiger partial charge in [0.25, 0.3) is 0 Å². The second-order valence-electron chi connectivity index (χ2n) is 7.76. The summed E-state index contributed by atoms with van der Waals surface area (Å²) in [5.74, 6) is 0. The van der Waals surface area contributed by atoms with Crippen molar-refractivity contribution in [3.05, 3.63) is 64.5 Å². The second-order valence-corrected chi connectivity index (χ2v) is 8.85. The minimum absolute atomic E-state index is 0.193. The monoisotopic (exact) mass is 347 g/mol. The molecule has 2 aliphatic rings. The molecule has 1 spiro atoms. The van der Waals surface area contributed by atoms with Crippen LogP contribution in [0.3, 0.4) is 0 Å². The maximum atomic E-state index is 2.79. The topological polar surface area (TPSA) is 3.24 Å². The summed E-state index contributed by atoms with van der Waals surface area (Å²) in [7, 11) is 0. The Bertz CT molecular complexity index is 932. The van der Waals surface area contributed by atoms with Gasteiger partial charge in [0.2, 0.25) is 0 Å². The number of rotatable bonds is 1. The van der Waals surface area contributed by atoms with Crippen LogP contribution in [0.2, 0.25) is 0 Å². The fourth-order valence-electron chi connectivity index (χ4n) is 5.35. The van der Waals surface area contributed by atoms with Crippen molar-refractivity contribution in [3.8, 4) is 0 Å². The first kappa shape index (κ1) is 15.5. The Balaban J connectivity index is 1.79. The molecule has 1 aliphatic heterocycles. The van der Waals surface area contributed by atoms with Crippen LogP contribution in [-0.4, -0.2) is 0 Å². The minimum atomic E-state index is 0.193. The average molecular weight is 348 g/mol. The standard InChI is InChI=1S/C23H25NS/c1-16-10-4-6-12-19(16)24-17(2)22-21(23(24)14-8-3-9-15-23)18-11-5-7-13-20(18)25-22/h4-7,10-13,17H,3,8-9,14-15H2,1-2H3. The molecule has 2 heteroatoms. The molecule has 1 aromatic heterocycles. The molecule has 128 valence electrons. The van der Waals surface area contributed by atoms with Gasteiger partial charge in [0.15, 0.2) is 0 Å². The molecule has 0 N–H and O–H groups in total. The Labute approximate surface area is 154 Å². The zero-order valence-electron chi connectivity index (χ0n) is 15.1. The Morgan fingerprint density at radius 1 is 0.960 bits per heavy atom. The number of hydrogen-bond donors (Lipinski definition) is 0. The van der Waals surface area contributed by atoms with E-state index >= 15 is 0 Å². The first-order valence-electron chi connectivity index (χ1n) is 9.59. The third-order valence-electron chi connectivity index (χ3n) is 6.37. The minimum Gasteiger partial charge on any atom is -0.354 e. The molecule has 0 bridgehead atoms. The molecule has 1 atom stereocenters. The van der Waals surface area contributed by atoms with Gasteiger partial charge in [-0.3, -0.25) is 0 Å². The van der Waals surface area contributed by atoms with E-state index in [1.807, 2.05) is 11.3 Å². The highest BCUT2D eigenvalue weighted by Gasteiger charge is 2.51. The largest absolute Gasteiger partial charge is 0.354 e. The molecule has 0 radical (unpaired) electrons. The molecule has 1 aliphatic carbocycles. The Kier molecular flexibility index (Phi) is 3.46. The summed E-state index contributed by atoms with van der Waals surface area (Å²) in [6, 6.07) is 18.5. The number of hydrogen-bond acceptors (Lipinski definition) is 2. The van der Waals surface area contributed by atoms with Crippen molar-refractivity contribution in [3.63, 3.8) is 0 Å². The molecule has 1 nitrogen and oxygen atoms in total. The number of thiophene rings is 1. The molecule has 0 amide bonds. The number of nitrogens with zero attached hydrogens (tertiary/aromatic N) is 1. The van der Waals surface area contributed by atoms with Crippen molar-refractivity contribution in [1.29, 1.82) is 0 Å². The highest BCUT2D eigenvalue weighted by molar-refractivity contribution is 7.19. The normalized spacial score (nSPS) is 21.8. The van der Waals surface area contributed by atoms with Gasteiger partial charge in [-0.2, -0.15) is 0 Å². The van der Waals surface area contributed by atoms with Crippen LogP contribution in [0.25, 0.3) is 10.1 Å². The first-order chi connectivity index (χ1) is 12.2. The molecule has 1 unspecified atom stereocenters. The van der Waals surface area contributed by atoms with Gasteiger partial charge < -0.3 is 4.90 Å². The van der Waals surface area contributed by atoms with Crippen LogP contribution < -0.4 is 4.90 Å². The SMILES string of the molecule is Cc1ccccc1N1C(C)c2sc3ccccc3c2C12CCCCC2. The van der Waals surface area contributed by atoms with E-state index in [0.717, 1.165) is 0 Å². The number of benzene rings is 2. The van der Waals surface area contributed by atoms with Crippen LogP contribution >= 0.6 is 11.3 Å². The zero-order valence-corrected chi connectivity index (χ0v) is 15.9. The van der Waals surface area contributed by atoms with Crippen LogP contribution in [0.4, 0.5) is 5.69 Å². The second kappa shape index (κ2) is 5.60. The molecule has 1 fully saturated rings. The Morgan fingerprint density at radius 2 is 1.68 bits per heavy atom. The highest BCUT2D eigenvalue weighted by Crippen LogP contribution is 2.59. The van der Waals surface area contributed by atoms with Crippen LogP contribution in [0, 0.1) is 6.92 Å². The van der Waals surface area contributed by atoms with Crippen molar-refractivity contribution in [2.24, 2.45) is 0 Å². The van der Waals surface area contributed by atoms with Gasteiger partial charge >= 0.3 is 0 Å². The lowest BCUT2D eigenvalue weighted by molar-refractivity contribution is 0.285. The molecular weight excluding hydrogens is 322 g/mol. The van der Waals surface area contributed by atoms with Gasteiger partial charge in [0.1, 0.15) is 0 Å². The maximum absolute atomic E-state index is 2.79. The predicted molar refractivity (Wildman–Crippen MR) is 109 cm³/mol. The van der Waals surface area contributed by atoms with Crippen LogP contribution in [0.15, 0.2) is 48.5 Å².